The van der Waals surface area contributed by atoms with Crippen molar-refractivity contribution in [3.05, 3.63) is 136 Å². The lowest BCUT2D eigenvalue weighted by molar-refractivity contribution is -0.384. The zero-order chi connectivity index (χ0) is 33.0. The molecule has 4 aromatic rings. The van der Waals surface area contributed by atoms with Gasteiger partial charge in [0.2, 0.25) is 0 Å². The van der Waals surface area contributed by atoms with Gasteiger partial charge in [-0.25, -0.2) is 14.6 Å². The van der Waals surface area contributed by atoms with Gasteiger partial charge in [0.1, 0.15) is 5.75 Å². The predicted octanol–water partition coefficient (Wildman–Crippen LogP) is 5.83. The van der Waals surface area contributed by atoms with E-state index in [0.717, 1.165) is 23.6 Å². The Hall–Kier alpha value is -5.16. The fourth-order valence-corrected chi connectivity index (χ4v) is 6.22. The molecule has 1 aromatic heterocycles. The third-order valence-corrected chi connectivity index (χ3v) is 8.48. The van der Waals surface area contributed by atoms with Gasteiger partial charge in [-0.3, -0.25) is 19.5 Å². The highest BCUT2D eigenvalue weighted by atomic mass is 32.1. The number of fused-ring (bicyclic) bond motifs is 1. The Morgan fingerprint density at radius 3 is 2.39 bits per heavy atom. The number of nitro benzene ring substituents is 1. The van der Waals surface area contributed by atoms with E-state index < -0.39 is 22.9 Å². The molecule has 0 N–H and O–H groups in total. The highest BCUT2D eigenvalue weighted by Gasteiger charge is 2.34. The molecule has 1 aliphatic heterocycles. The van der Waals surface area contributed by atoms with Gasteiger partial charge in [-0.05, 0) is 60.2 Å². The van der Waals surface area contributed by atoms with Gasteiger partial charge < -0.3 is 9.47 Å². The molecule has 11 heteroatoms. The summed E-state index contributed by atoms with van der Waals surface area (Å²) in [6, 6.07) is 19.1. The van der Waals surface area contributed by atoms with E-state index in [9.17, 15) is 24.5 Å². The minimum atomic E-state index is -0.730. The van der Waals surface area contributed by atoms with E-state index in [4.69, 9.17) is 14.5 Å². The number of allylic oxidation sites excluding steroid dienone is 1. The van der Waals surface area contributed by atoms with Gasteiger partial charge in [-0.2, -0.15) is 0 Å². The SMILES string of the molecule is CCCC1=C(C(=O)OCC)[C@@H](c2ccc(C(C)C)cc2)n2c(s/c(=C\c3ccc(OC(=O)c4cccc([N+](=O)[O-])c4)cc3)c2=O)=N1. The highest BCUT2D eigenvalue weighted by Crippen LogP contribution is 2.33. The molecule has 236 valence electrons. The van der Waals surface area contributed by atoms with Crippen molar-refractivity contribution in [2.75, 3.05) is 6.61 Å². The first-order chi connectivity index (χ1) is 22.1. The van der Waals surface area contributed by atoms with Crippen LogP contribution in [-0.2, 0) is 9.53 Å². The van der Waals surface area contributed by atoms with Crippen molar-refractivity contribution in [1.82, 2.24) is 4.57 Å². The molecule has 1 aliphatic rings. The van der Waals surface area contributed by atoms with Crippen LogP contribution in [0.5, 0.6) is 5.75 Å². The van der Waals surface area contributed by atoms with E-state index in [1.54, 1.807) is 41.8 Å². The topological polar surface area (TPSA) is 130 Å². The maximum absolute atomic E-state index is 14.0. The second kappa shape index (κ2) is 13.9. The Labute approximate surface area is 269 Å². The number of carbonyl (C=O) groups is 2. The van der Waals surface area contributed by atoms with Crippen LogP contribution in [-0.4, -0.2) is 28.0 Å². The quantitative estimate of drug-likeness (QED) is 0.0924. The number of thiazole rings is 1. The van der Waals surface area contributed by atoms with Crippen LogP contribution in [0.2, 0.25) is 0 Å². The number of non-ortho nitro benzene ring substituents is 1. The molecule has 0 radical (unpaired) electrons. The van der Waals surface area contributed by atoms with Crippen molar-refractivity contribution in [1.29, 1.82) is 0 Å². The predicted molar refractivity (Wildman–Crippen MR) is 175 cm³/mol. The van der Waals surface area contributed by atoms with E-state index in [2.05, 4.69) is 13.8 Å². The summed E-state index contributed by atoms with van der Waals surface area (Å²) in [6.45, 7) is 8.17. The standard InChI is InChI=1S/C35H33N3O7S/c1-5-8-28-30(34(41)44-6-2)31(24-15-13-23(14-16-24)21(3)4)37-32(39)29(46-35(37)36-28)19-22-11-17-27(18-12-22)45-33(40)25-9-7-10-26(20-25)38(42)43/h7,9-21,31H,5-6,8H2,1-4H3/b29-19-/t31-/m1/s1. The minimum Gasteiger partial charge on any atom is -0.463 e. The van der Waals surface area contributed by atoms with Crippen LogP contribution < -0.4 is 19.6 Å². The number of benzene rings is 3. The van der Waals surface area contributed by atoms with E-state index in [1.165, 1.54) is 29.5 Å². The summed E-state index contributed by atoms with van der Waals surface area (Å²) in [7, 11) is 0. The smallest absolute Gasteiger partial charge is 0.343 e. The van der Waals surface area contributed by atoms with E-state index in [0.29, 0.717) is 38.5 Å². The number of esters is 2. The van der Waals surface area contributed by atoms with E-state index in [1.807, 2.05) is 31.2 Å². The van der Waals surface area contributed by atoms with Crippen LogP contribution in [0, 0.1) is 10.1 Å². The summed E-state index contributed by atoms with van der Waals surface area (Å²) >= 11 is 1.24. The average Bonchev–Trinajstić information content (AvgIpc) is 3.35. The zero-order valence-corrected chi connectivity index (χ0v) is 26.7. The molecule has 2 heterocycles. The second-order valence-electron chi connectivity index (χ2n) is 11.0. The molecule has 0 bridgehead atoms. The van der Waals surface area contributed by atoms with Crippen LogP contribution in [0.15, 0.2) is 93.9 Å². The lowest BCUT2D eigenvalue weighted by Crippen LogP contribution is -2.40. The van der Waals surface area contributed by atoms with E-state index in [-0.39, 0.29) is 29.2 Å². The van der Waals surface area contributed by atoms with Crippen LogP contribution in [0.1, 0.15) is 79.5 Å². The van der Waals surface area contributed by atoms with Gasteiger partial charge in [0, 0.05) is 12.1 Å². The summed E-state index contributed by atoms with van der Waals surface area (Å²) < 4.78 is 12.9. The lowest BCUT2D eigenvalue weighted by Gasteiger charge is -2.26. The number of nitrogens with zero attached hydrogens (tertiary/aromatic N) is 3. The molecule has 1 atom stereocenters. The number of carbonyl (C=O) groups excluding carboxylic acids is 2. The summed E-state index contributed by atoms with van der Waals surface area (Å²) in [6.07, 6.45) is 3.03. The molecule has 0 saturated carbocycles. The third-order valence-electron chi connectivity index (χ3n) is 7.49. The third kappa shape index (κ3) is 6.74. The Kier molecular flexibility index (Phi) is 9.72. The van der Waals surface area contributed by atoms with Crippen LogP contribution in [0.25, 0.3) is 6.08 Å². The Morgan fingerprint density at radius 1 is 1.04 bits per heavy atom. The summed E-state index contributed by atoms with van der Waals surface area (Å²) in [5, 5.41) is 11.1. The first-order valence-electron chi connectivity index (χ1n) is 15.0. The summed E-state index contributed by atoms with van der Waals surface area (Å²) in [5.74, 6) is -0.659. The van der Waals surface area contributed by atoms with Crippen molar-refractivity contribution in [2.45, 2.75) is 52.5 Å². The van der Waals surface area contributed by atoms with Crippen LogP contribution >= 0.6 is 11.3 Å². The number of aromatic nitrogens is 1. The Balaban J connectivity index is 1.52. The van der Waals surface area contributed by atoms with Gasteiger partial charge in [0.15, 0.2) is 4.80 Å². The van der Waals surface area contributed by atoms with Crippen molar-refractivity contribution in [2.24, 2.45) is 4.99 Å². The fourth-order valence-electron chi connectivity index (χ4n) is 5.20. The molecule has 10 nitrogen and oxygen atoms in total. The van der Waals surface area contributed by atoms with Crippen molar-refractivity contribution in [3.63, 3.8) is 0 Å². The first-order valence-corrected chi connectivity index (χ1v) is 15.8. The van der Waals surface area contributed by atoms with Gasteiger partial charge in [0.05, 0.1) is 38.9 Å². The molecular weight excluding hydrogens is 606 g/mol. The number of nitro groups is 1. The molecular formula is C35H33N3O7S. The van der Waals surface area contributed by atoms with Gasteiger partial charge in [-0.15, -0.1) is 0 Å². The minimum absolute atomic E-state index is 0.0532. The van der Waals surface area contributed by atoms with Crippen molar-refractivity contribution < 1.29 is 24.0 Å². The summed E-state index contributed by atoms with van der Waals surface area (Å²) in [5.41, 5.74) is 3.15. The highest BCUT2D eigenvalue weighted by molar-refractivity contribution is 7.07. The van der Waals surface area contributed by atoms with Gasteiger partial charge in [-0.1, -0.05) is 81.0 Å². The molecule has 5 rings (SSSR count). The number of hydrogen-bond acceptors (Lipinski definition) is 9. The Bertz CT molecular complexity index is 2010. The van der Waals surface area contributed by atoms with Crippen LogP contribution in [0.3, 0.4) is 0 Å². The molecule has 0 spiro atoms. The van der Waals surface area contributed by atoms with E-state index >= 15 is 0 Å². The lowest BCUT2D eigenvalue weighted by atomic mass is 9.92. The first kappa shape index (κ1) is 32.2. The molecule has 0 aliphatic carbocycles. The van der Waals surface area contributed by atoms with Crippen molar-refractivity contribution >= 4 is 35.0 Å². The Morgan fingerprint density at radius 2 is 1.76 bits per heavy atom. The van der Waals surface area contributed by atoms with Crippen molar-refractivity contribution in [3.8, 4) is 5.75 Å². The second-order valence-corrected chi connectivity index (χ2v) is 12.0. The molecule has 0 amide bonds. The van der Waals surface area contributed by atoms with Crippen LogP contribution in [0.4, 0.5) is 5.69 Å². The molecule has 0 saturated heterocycles. The summed E-state index contributed by atoms with van der Waals surface area (Å²) in [4.78, 5) is 55.7. The number of rotatable bonds is 10. The molecule has 46 heavy (non-hydrogen) atoms. The molecule has 3 aromatic carbocycles. The van der Waals surface area contributed by atoms with Gasteiger partial charge in [0.25, 0.3) is 11.2 Å². The fraction of sp³-hybridized carbons (Fsp3) is 0.257. The molecule has 0 fully saturated rings. The largest absolute Gasteiger partial charge is 0.463 e. The maximum atomic E-state index is 14.0. The monoisotopic (exact) mass is 639 g/mol. The average molecular weight is 640 g/mol. The van der Waals surface area contributed by atoms with Gasteiger partial charge >= 0.3 is 11.9 Å². The number of ether oxygens (including phenoxy) is 2. The maximum Gasteiger partial charge on any atom is 0.343 e. The normalized spacial score (nSPS) is 14.5. The molecule has 0 unspecified atom stereocenters. The zero-order valence-electron chi connectivity index (χ0n) is 25.9. The number of hydrogen-bond donors (Lipinski definition) is 0.